The first-order valence-electron chi connectivity index (χ1n) is 5.16. The number of carbonyl (C=O) groups is 1. The van der Waals surface area contributed by atoms with Crippen molar-refractivity contribution in [1.29, 1.82) is 0 Å². The predicted octanol–water partition coefficient (Wildman–Crippen LogP) is -0.803. The topological polar surface area (TPSA) is 82.0 Å². The zero-order valence-electron chi connectivity index (χ0n) is 8.63. The lowest BCUT2D eigenvalue weighted by Gasteiger charge is -2.32. The average Bonchev–Trinajstić information content (AvgIpc) is 2.59. The predicted molar refractivity (Wildman–Crippen MR) is 58.8 cm³/mol. The largest absolute Gasteiger partial charge is 0.394 e. The maximum absolute atomic E-state index is 11.6. The third-order valence-corrected chi connectivity index (χ3v) is 3.12. The molecule has 0 radical (unpaired) electrons. The summed E-state index contributed by atoms with van der Waals surface area (Å²) in [4.78, 5) is 13.6. The van der Waals surface area contributed by atoms with Crippen LogP contribution in [0.3, 0.4) is 0 Å². The molecule has 0 saturated carbocycles. The summed E-state index contributed by atoms with van der Waals surface area (Å²) in [5, 5.41) is 21.0. The van der Waals surface area contributed by atoms with E-state index in [1.807, 2.05) is 0 Å². The molecule has 2 rings (SSSR count). The lowest BCUT2D eigenvalue weighted by Crippen LogP contribution is -2.53. The van der Waals surface area contributed by atoms with Crippen molar-refractivity contribution in [3.05, 3.63) is 0 Å². The Morgan fingerprint density at radius 3 is 2.94 bits per heavy atom. The van der Waals surface area contributed by atoms with Gasteiger partial charge in [-0.25, -0.2) is 4.79 Å². The monoisotopic (exact) mass is 246 g/mol. The van der Waals surface area contributed by atoms with Crippen LogP contribution in [0.1, 0.15) is 12.8 Å². The summed E-state index contributed by atoms with van der Waals surface area (Å²) < 4.78 is 5.39. The number of amides is 2. The minimum atomic E-state index is -0.725. The van der Waals surface area contributed by atoms with Gasteiger partial charge in [-0.05, 0) is 0 Å². The summed E-state index contributed by atoms with van der Waals surface area (Å²) in [5.74, 6) is 0. The van der Waals surface area contributed by atoms with Gasteiger partial charge in [-0.2, -0.15) is 0 Å². The highest BCUT2D eigenvalue weighted by Crippen LogP contribution is 2.24. The lowest BCUT2D eigenvalue weighted by molar-refractivity contribution is -0.0640. The van der Waals surface area contributed by atoms with Crippen molar-refractivity contribution < 1.29 is 19.7 Å². The number of nitrogens with one attached hydrogen (secondary N) is 1. The van der Waals surface area contributed by atoms with Gasteiger partial charge in [0.1, 0.15) is 12.3 Å². The van der Waals surface area contributed by atoms with Crippen LogP contribution < -0.4 is 5.32 Å². The van der Waals surface area contributed by atoms with E-state index >= 15 is 0 Å². The highest BCUT2D eigenvalue weighted by molar-refractivity contribution is 7.80. The van der Waals surface area contributed by atoms with Crippen LogP contribution in [-0.2, 0) is 4.74 Å². The van der Waals surface area contributed by atoms with Gasteiger partial charge in [-0.3, -0.25) is 4.90 Å². The highest BCUT2D eigenvalue weighted by atomic mass is 32.1. The molecule has 90 valence electrons. The van der Waals surface area contributed by atoms with E-state index in [4.69, 9.17) is 22.1 Å². The van der Waals surface area contributed by atoms with Gasteiger partial charge in [0.15, 0.2) is 0 Å². The molecule has 0 aromatic heterocycles. The minimum absolute atomic E-state index is 0.245. The van der Waals surface area contributed by atoms with Crippen molar-refractivity contribution in [3.8, 4) is 0 Å². The molecule has 7 heteroatoms. The van der Waals surface area contributed by atoms with E-state index in [-0.39, 0.29) is 12.6 Å². The molecule has 6 nitrogen and oxygen atoms in total. The van der Waals surface area contributed by atoms with Gasteiger partial charge in [0.25, 0.3) is 0 Å². The van der Waals surface area contributed by atoms with Gasteiger partial charge in [-0.15, -0.1) is 0 Å². The van der Waals surface area contributed by atoms with Crippen molar-refractivity contribution >= 4 is 23.2 Å². The van der Waals surface area contributed by atoms with Gasteiger partial charge >= 0.3 is 6.03 Å². The molecule has 0 spiro atoms. The minimum Gasteiger partial charge on any atom is -0.394 e. The second-order valence-electron chi connectivity index (χ2n) is 3.91. The number of thiocarbonyl (C=S) groups is 1. The number of ether oxygens (including phenoxy) is 1. The summed E-state index contributed by atoms with van der Waals surface area (Å²) in [6.07, 6.45) is -0.884. The van der Waals surface area contributed by atoms with Crippen molar-refractivity contribution in [2.45, 2.75) is 31.3 Å². The van der Waals surface area contributed by atoms with Gasteiger partial charge < -0.3 is 20.3 Å². The molecule has 2 amide bonds. The number of carbonyl (C=O) groups excluding carboxylic acids is 1. The second-order valence-corrected chi connectivity index (χ2v) is 4.40. The van der Waals surface area contributed by atoms with Crippen LogP contribution in [-0.4, -0.2) is 57.7 Å². The third kappa shape index (κ3) is 2.17. The molecule has 2 heterocycles. The number of nitrogens with zero attached hydrogens (tertiary/aromatic N) is 1. The first-order chi connectivity index (χ1) is 7.61. The summed E-state index contributed by atoms with van der Waals surface area (Å²) in [6.45, 7) is 0.242. The second kappa shape index (κ2) is 4.62. The molecule has 2 aliphatic heterocycles. The van der Waals surface area contributed by atoms with E-state index in [1.165, 1.54) is 4.90 Å². The van der Waals surface area contributed by atoms with E-state index in [9.17, 15) is 9.90 Å². The first-order valence-corrected chi connectivity index (χ1v) is 5.57. The number of hydrogen-bond donors (Lipinski definition) is 3. The van der Waals surface area contributed by atoms with Crippen molar-refractivity contribution in [2.75, 3.05) is 13.2 Å². The molecule has 2 aliphatic rings. The number of aliphatic hydroxyl groups excluding tert-OH is 2. The lowest BCUT2D eigenvalue weighted by atomic mass is 10.2. The molecule has 0 bridgehead atoms. The number of rotatable bonds is 2. The van der Waals surface area contributed by atoms with Gasteiger partial charge in [0.2, 0.25) is 0 Å². The van der Waals surface area contributed by atoms with Crippen LogP contribution in [0, 0.1) is 0 Å². The van der Waals surface area contributed by atoms with Crippen LogP contribution in [0.25, 0.3) is 0 Å². The van der Waals surface area contributed by atoms with Crippen LogP contribution in [0.5, 0.6) is 0 Å². The maximum atomic E-state index is 11.6. The first kappa shape index (κ1) is 11.7. The average molecular weight is 246 g/mol. The third-order valence-electron chi connectivity index (χ3n) is 2.82. The Hall–Kier alpha value is -0.760. The standard InChI is InChI=1S/C9H14N2O4S/c12-4-6-5(13)3-8(15-6)11-2-1-7(16)10-9(11)14/h5-6,8,12-13H,1-4H2,(H,10,14,16)/t5-,6+,8+/m0/s1. The van der Waals surface area contributed by atoms with E-state index < -0.39 is 18.4 Å². The van der Waals surface area contributed by atoms with Crippen LogP contribution in [0.4, 0.5) is 4.79 Å². The Kier molecular flexibility index (Phi) is 3.38. The Morgan fingerprint density at radius 1 is 1.62 bits per heavy atom. The Morgan fingerprint density at radius 2 is 2.38 bits per heavy atom. The fourth-order valence-corrected chi connectivity index (χ4v) is 2.10. The Balaban J connectivity index is 1.98. The van der Waals surface area contributed by atoms with Gasteiger partial charge in [0.05, 0.1) is 17.7 Å². The van der Waals surface area contributed by atoms with Crippen LogP contribution in [0.2, 0.25) is 0 Å². The molecular weight excluding hydrogens is 232 g/mol. The summed E-state index contributed by atoms with van der Waals surface area (Å²) in [6, 6.07) is -0.299. The van der Waals surface area contributed by atoms with Gasteiger partial charge in [-0.1, -0.05) is 12.2 Å². The van der Waals surface area contributed by atoms with Gasteiger partial charge in [0, 0.05) is 19.4 Å². The number of urea groups is 1. The van der Waals surface area contributed by atoms with E-state index in [2.05, 4.69) is 5.32 Å². The normalized spacial score (nSPS) is 35.4. The van der Waals surface area contributed by atoms with Crippen LogP contribution in [0.15, 0.2) is 0 Å². The summed E-state index contributed by atoms with van der Waals surface area (Å²) >= 11 is 4.89. The van der Waals surface area contributed by atoms with Crippen molar-refractivity contribution in [2.24, 2.45) is 0 Å². The Bertz CT molecular complexity index is 312. The molecule has 0 aliphatic carbocycles. The molecule has 0 aromatic rings. The molecule has 0 unspecified atom stereocenters. The molecule has 0 aromatic carbocycles. The molecule has 16 heavy (non-hydrogen) atoms. The fourth-order valence-electron chi connectivity index (χ4n) is 1.92. The highest BCUT2D eigenvalue weighted by Gasteiger charge is 2.39. The molecule has 2 fully saturated rings. The van der Waals surface area contributed by atoms with Crippen molar-refractivity contribution in [1.82, 2.24) is 10.2 Å². The summed E-state index contributed by atoms with van der Waals surface area (Å²) in [7, 11) is 0. The van der Waals surface area contributed by atoms with E-state index in [0.29, 0.717) is 24.4 Å². The molecule has 2 saturated heterocycles. The smallest absolute Gasteiger partial charge is 0.324 e. The summed E-state index contributed by atoms with van der Waals surface area (Å²) in [5.41, 5.74) is 0. The van der Waals surface area contributed by atoms with Crippen molar-refractivity contribution in [3.63, 3.8) is 0 Å². The quantitative estimate of drug-likeness (QED) is 0.556. The SMILES string of the molecule is O=C1NC(=S)CCN1[C@H]1C[C@H](O)[C@@H](CO)O1. The maximum Gasteiger partial charge on any atom is 0.324 e. The zero-order chi connectivity index (χ0) is 11.7. The van der Waals surface area contributed by atoms with E-state index in [1.54, 1.807) is 0 Å². The zero-order valence-corrected chi connectivity index (χ0v) is 9.44. The molecule has 3 atom stereocenters. The van der Waals surface area contributed by atoms with E-state index in [0.717, 1.165) is 0 Å². The fraction of sp³-hybridized carbons (Fsp3) is 0.778. The molecular formula is C9H14N2O4S. The number of aliphatic hydroxyl groups is 2. The molecule has 3 N–H and O–H groups in total. The number of hydrogen-bond acceptors (Lipinski definition) is 5. The van der Waals surface area contributed by atoms with Crippen LogP contribution >= 0.6 is 12.2 Å². The Labute approximate surface area is 98.2 Å².